The Bertz CT molecular complexity index is 878. The minimum atomic E-state index is -1.05. The smallest absolute Gasteiger partial charge is 0.335 e. The third-order valence-corrected chi connectivity index (χ3v) is 5.14. The van der Waals surface area contributed by atoms with E-state index in [4.69, 9.17) is 17.3 Å². The summed E-state index contributed by atoms with van der Waals surface area (Å²) in [5.41, 5.74) is 1.45. The maximum atomic E-state index is 12.7. The second-order valence-electron chi connectivity index (χ2n) is 4.92. The molecule has 1 amide bonds. The highest BCUT2D eigenvalue weighted by Crippen LogP contribution is 2.36. The first-order chi connectivity index (χ1) is 11.5. The molecule has 0 spiro atoms. The van der Waals surface area contributed by atoms with Crippen LogP contribution in [0.1, 0.15) is 15.9 Å². The minimum absolute atomic E-state index is 0.110. The van der Waals surface area contributed by atoms with E-state index in [0.29, 0.717) is 14.9 Å². The lowest BCUT2D eigenvalue weighted by molar-refractivity contribution is -0.113. The molecule has 0 bridgehead atoms. The lowest BCUT2D eigenvalue weighted by Crippen LogP contribution is -2.27. The van der Waals surface area contributed by atoms with Crippen LogP contribution in [0.3, 0.4) is 0 Å². The Labute approximate surface area is 156 Å². The van der Waals surface area contributed by atoms with E-state index < -0.39 is 5.97 Å². The molecule has 1 fully saturated rings. The van der Waals surface area contributed by atoms with Crippen LogP contribution >= 0.6 is 39.9 Å². The summed E-state index contributed by atoms with van der Waals surface area (Å²) in [6.07, 6.45) is 1.77. The van der Waals surface area contributed by atoms with Crippen LogP contribution < -0.4 is 4.90 Å². The summed E-state index contributed by atoms with van der Waals surface area (Å²) >= 11 is 9.86. The second kappa shape index (κ2) is 6.88. The number of thioether (sulfide) groups is 1. The number of carboxylic acid groups (broad SMARTS) is 1. The van der Waals surface area contributed by atoms with Gasteiger partial charge in [0.25, 0.3) is 5.91 Å². The molecular weight excluding hydrogens is 410 g/mol. The first-order valence-corrected chi connectivity index (χ1v) is 8.84. The van der Waals surface area contributed by atoms with Gasteiger partial charge in [-0.1, -0.05) is 58.1 Å². The molecule has 2 aromatic carbocycles. The number of nitrogens with zero attached hydrogens (tertiary/aromatic N) is 1. The summed E-state index contributed by atoms with van der Waals surface area (Å²) in [4.78, 5) is 25.6. The van der Waals surface area contributed by atoms with Gasteiger partial charge in [0.1, 0.15) is 0 Å². The molecule has 24 heavy (non-hydrogen) atoms. The molecule has 7 heteroatoms. The molecule has 1 saturated heterocycles. The average molecular weight is 420 g/mol. The summed E-state index contributed by atoms with van der Waals surface area (Å²) in [6.45, 7) is 0. The van der Waals surface area contributed by atoms with Crippen molar-refractivity contribution in [3.8, 4) is 0 Å². The number of rotatable bonds is 3. The molecule has 0 saturated carbocycles. The first-order valence-electron chi connectivity index (χ1n) is 6.82. The summed E-state index contributed by atoms with van der Waals surface area (Å²) in [7, 11) is 0. The van der Waals surface area contributed by atoms with Crippen LogP contribution in [0, 0.1) is 0 Å². The number of benzene rings is 2. The molecular formula is C17H10BrNO3S2. The number of hydrogen-bond donors (Lipinski definition) is 1. The Kier molecular flexibility index (Phi) is 4.84. The van der Waals surface area contributed by atoms with E-state index in [-0.39, 0.29) is 11.5 Å². The van der Waals surface area contributed by atoms with Gasteiger partial charge in [0.2, 0.25) is 0 Å². The van der Waals surface area contributed by atoms with E-state index in [1.54, 1.807) is 18.2 Å². The number of aromatic carboxylic acids is 1. The summed E-state index contributed by atoms with van der Waals surface area (Å²) < 4.78 is 1.34. The number of carboxylic acids is 1. The van der Waals surface area contributed by atoms with Crippen molar-refractivity contribution in [2.24, 2.45) is 0 Å². The van der Waals surface area contributed by atoms with Crippen LogP contribution in [-0.4, -0.2) is 21.3 Å². The molecule has 3 rings (SSSR count). The van der Waals surface area contributed by atoms with Crippen LogP contribution in [0.4, 0.5) is 5.69 Å². The van der Waals surface area contributed by atoms with E-state index >= 15 is 0 Å². The molecule has 1 aliphatic rings. The average Bonchev–Trinajstić information content (AvgIpc) is 2.83. The zero-order valence-corrected chi connectivity index (χ0v) is 15.3. The fourth-order valence-electron chi connectivity index (χ4n) is 2.18. The van der Waals surface area contributed by atoms with Gasteiger partial charge in [-0.15, -0.1) is 0 Å². The Morgan fingerprint density at radius 1 is 1.21 bits per heavy atom. The number of thiocarbonyl (C=S) groups is 1. The fourth-order valence-corrected chi connectivity index (χ4v) is 3.74. The number of hydrogen-bond acceptors (Lipinski definition) is 4. The monoisotopic (exact) mass is 419 g/mol. The minimum Gasteiger partial charge on any atom is -0.478 e. The third-order valence-electron chi connectivity index (χ3n) is 3.31. The number of halogens is 1. The molecule has 1 heterocycles. The van der Waals surface area contributed by atoms with E-state index in [9.17, 15) is 9.59 Å². The van der Waals surface area contributed by atoms with Crippen LogP contribution in [0.15, 0.2) is 57.9 Å². The fraction of sp³-hybridized carbons (Fsp3) is 0. The molecule has 1 N–H and O–H groups in total. The van der Waals surface area contributed by atoms with Crippen molar-refractivity contribution in [2.75, 3.05) is 4.90 Å². The molecule has 0 unspecified atom stereocenters. The number of carbonyl (C=O) groups excluding carboxylic acids is 1. The molecule has 0 atom stereocenters. The highest BCUT2D eigenvalue weighted by atomic mass is 79.9. The maximum absolute atomic E-state index is 12.7. The van der Waals surface area contributed by atoms with Crippen molar-refractivity contribution in [1.82, 2.24) is 0 Å². The Hall–Kier alpha value is -1.96. The van der Waals surface area contributed by atoms with Crippen molar-refractivity contribution >= 4 is 67.9 Å². The standard InChI is InChI=1S/C17H10BrNO3S2/c18-12-6-4-10(5-7-12)8-14-15(20)19(17(23)24-14)13-3-1-2-11(9-13)16(21)22/h1-9H,(H,21,22). The first kappa shape index (κ1) is 16.9. The van der Waals surface area contributed by atoms with E-state index in [2.05, 4.69) is 15.9 Å². The second-order valence-corrected chi connectivity index (χ2v) is 7.52. The molecule has 4 nitrogen and oxygen atoms in total. The number of amides is 1. The van der Waals surface area contributed by atoms with Gasteiger partial charge in [-0.05, 0) is 42.0 Å². The number of anilines is 1. The Morgan fingerprint density at radius 3 is 2.58 bits per heavy atom. The largest absolute Gasteiger partial charge is 0.478 e. The van der Waals surface area contributed by atoms with E-state index in [0.717, 1.165) is 10.0 Å². The summed E-state index contributed by atoms with van der Waals surface area (Å²) in [6, 6.07) is 13.7. The van der Waals surface area contributed by atoms with Crippen LogP contribution in [-0.2, 0) is 4.79 Å². The van der Waals surface area contributed by atoms with Crippen LogP contribution in [0.2, 0.25) is 0 Å². The van der Waals surface area contributed by atoms with Crippen molar-refractivity contribution in [3.05, 3.63) is 69.0 Å². The van der Waals surface area contributed by atoms with Crippen molar-refractivity contribution < 1.29 is 14.7 Å². The lowest BCUT2D eigenvalue weighted by Gasteiger charge is -2.14. The van der Waals surface area contributed by atoms with Gasteiger partial charge < -0.3 is 5.11 Å². The van der Waals surface area contributed by atoms with Gasteiger partial charge in [0.15, 0.2) is 4.32 Å². The van der Waals surface area contributed by atoms with Crippen molar-refractivity contribution in [1.29, 1.82) is 0 Å². The molecule has 0 aliphatic carbocycles. The molecule has 0 radical (unpaired) electrons. The van der Waals surface area contributed by atoms with Gasteiger partial charge in [-0.3, -0.25) is 9.69 Å². The van der Waals surface area contributed by atoms with Gasteiger partial charge in [-0.2, -0.15) is 0 Å². The highest BCUT2D eigenvalue weighted by Gasteiger charge is 2.33. The van der Waals surface area contributed by atoms with Crippen LogP contribution in [0.5, 0.6) is 0 Å². The van der Waals surface area contributed by atoms with Crippen molar-refractivity contribution in [3.63, 3.8) is 0 Å². The normalized spacial score (nSPS) is 16.0. The van der Waals surface area contributed by atoms with Crippen molar-refractivity contribution in [2.45, 2.75) is 0 Å². The highest BCUT2D eigenvalue weighted by molar-refractivity contribution is 9.10. The van der Waals surface area contributed by atoms with Gasteiger partial charge in [0, 0.05) is 4.47 Å². The quantitative estimate of drug-likeness (QED) is 0.583. The Balaban J connectivity index is 1.93. The molecule has 120 valence electrons. The maximum Gasteiger partial charge on any atom is 0.335 e. The third kappa shape index (κ3) is 3.43. The number of carbonyl (C=O) groups is 2. The topological polar surface area (TPSA) is 57.6 Å². The molecule has 2 aromatic rings. The van der Waals surface area contributed by atoms with Crippen LogP contribution in [0.25, 0.3) is 6.08 Å². The predicted molar refractivity (Wildman–Crippen MR) is 103 cm³/mol. The summed E-state index contributed by atoms with van der Waals surface area (Å²) in [5.74, 6) is -1.30. The van der Waals surface area contributed by atoms with Gasteiger partial charge in [0.05, 0.1) is 16.2 Å². The van der Waals surface area contributed by atoms with E-state index in [1.807, 2.05) is 24.3 Å². The van der Waals surface area contributed by atoms with E-state index in [1.165, 1.54) is 28.8 Å². The predicted octanol–water partition coefficient (Wildman–Crippen LogP) is 4.55. The molecule has 1 aliphatic heterocycles. The van der Waals surface area contributed by atoms with Gasteiger partial charge in [-0.25, -0.2) is 4.79 Å². The molecule has 0 aromatic heterocycles. The summed E-state index contributed by atoms with van der Waals surface area (Å²) in [5, 5.41) is 9.10. The lowest BCUT2D eigenvalue weighted by atomic mass is 10.2. The van der Waals surface area contributed by atoms with Gasteiger partial charge >= 0.3 is 5.97 Å². The Morgan fingerprint density at radius 2 is 1.92 bits per heavy atom. The zero-order valence-electron chi connectivity index (χ0n) is 12.1. The SMILES string of the molecule is O=C(O)c1cccc(N2C(=O)C(=Cc3ccc(Br)cc3)SC2=S)c1. The zero-order chi connectivity index (χ0) is 17.3.